The molecule has 0 spiro atoms. The number of aryl methyl sites for hydroxylation is 1. The molecule has 0 atom stereocenters. The topological polar surface area (TPSA) is 45.8 Å². The molecule has 0 aliphatic carbocycles. The van der Waals surface area contributed by atoms with Crippen molar-refractivity contribution >= 4 is 10.9 Å². The Balaban J connectivity index is 2.75. The zero-order valence-electron chi connectivity index (χ0n) is 8.08. The number of rotatable bonds is 2. The summed E-state index contributed by atoms with van der Waals surface area (Å²) in [6, 6.07) is 5.74. The Morgan fingerprint density at radius 2 is 2.29 bits per heavy atom. The average Bonchev–Trinajstić information content (AvgIpc) is 2.20. The molecule has 0 radical (unpaired) electrons. The van der Waals surface area contributed by atoms with Gasteiger partial charge in [-0.25, -0.2) is 4.98 Å². The second kappa shape index (κ2) is 3.62. The van der Waals surface area contributed by atoms with E-state index in [9.17, 15) is 4.79 Å². The molecule has 0 aliphatic rings. The molecule has 0 saturated heterocycles. The molecule has 0 bridgehead atoms. The summed E-state index contributed by atoms with van der Waals surface area (Å²) in [6.07, 6.45) is 3.49. The van der Waals surface area contributed by atoms with Crippen LogP contribution in [0.5, 0.6) is 0 Å². The largest absolute Gasteiger partial charge is 0.313 e. The summed E-state index contributed by atoms with van der Waals surface area (Å²) >= 11 is 0. The highest BCUT2D eigenvalue weighted by molar-refractivity contribution is 5.80. The molecular weight excluding hydrogens is 176 g/mol. The van der Waals surface area contributed by atoms with Gasteiger partial charge in [0.25, 0.3) is 5.56 Å². The maximum atomic E-state index is 11.4. The van der Waals surface area contributed by atoms with Crippen molar-refractivity contribution in [1.82, 2.24) is 9.97 Å². The first-order valence-corrected chi connectivity index (χ1v) is 4.78. The predicted molar refractivity (Wildman–Crippen MR) is 56.4 cm³/mol. The Labute approximate surface area is 81.8 Å². The molecule has 0 amide bonds. The zero-order chi connectivity index (χ0) is 9.97. The minimum Gasteiger partial charge on any atom is -0.313 e. The number of benzene rings is 1. The van der Waals surface area contributed by atoms with Crippen molar-refractivity contribution in [3.8, 4) is 0 Å². The Morgan fingerprint density at radius 1 is 1.43 bits per heavy atom. The number of hydrogen-bond donors (Lipinski definition) is 1. The molecule has 1 aromatic heterocycles. The summed E-state index contributed by atoms with van der Waals surface area (Å²) in [5.41, 5.74) is 1.92. The van der Waals surface area contributed by atoms with Crippen molar-refractivity contribution in [2.45, 2.75) is 19.8 Å². The van der Waals surface area contributed by atoms with Gasteiger partial charge in [-0.1, -0.05) is 25.5 Å². The van der Waals surface area contributed by atoms with E-state index in [1.54, 1.807) is 6.07 Å². The van der Waals surface area contributed by atoms with Gasteiger partial charge in [0.1, 0.15) is 0 Å². The second-order valence-electron chi connectivity index (χ2n) is 3.29. The minimum absolute atomic E-state index is 0.0621. The van der Waals surface area contributed by atoms with Crippen molar-refractivity contribution in [1.29, 1.82) is 0 Å². The van der Waals surface area contributed by atoms with Crippen LogP contribution < -0.4 is 5.56 Å². The Kier molecular flexibility index (Phi) is 2.31. The lowest BCUT2D eigenvalue weighted by Gasteiger charge is -2.02. The first kappa shape index (κ1) is 8.94. The quantitative estimate of drug-likeness (QED) is 0.782. The van der Waals surface area contributed by atoms with Gasteiger partial charge >= 0.3 is 0 Å². The van der Waals surface area contributed by atoms with Crippen LogP contribution in [-0.2, 0) is 6.42 Å². The Bertz CT molecular complexity index is 502. The van der Waals surface area contributed by atoms with Gasteiger partial charge in [0.05, 0.1) is 17.2 Å². The van der Waals surface area contributed by atoms with E-state index in [2.05, 4.69) is 16.9 Å². The number of nitrogens with zero attached hydrogens (tertiary/aromatic N) is 1. The summed E-state index contributed by atoms with van der Waals surface area (Å²) in [4.78, 5) is 18.2. The van der Waals surface area contributed by atoms with Crippen LogP contribution in [-0.4, -0.2) is 9.97 Å². The third-order valence-corrected chi connectivity index (χ3v) is 2.27. The van der Waals surface area contributed by atoms with Gasteiger partial charge in [-0.3, -0.25) is 4.79 Å². The molecule has 1 heterocycles. The van der Waals surface area contributed by atoms with Crippen molar-refractivity contribution in [2.75, 3.05) is 0 Å². The van der Waals surface area contributed by atoms with Crippen LogP contribution in [0.1, 0.15) is 18.9 Å². The number of aromatic nitrogens is 2. The third-order valence-electron chi connectivity index (χ3n) is 2.27. The van der Waals surface area contributed by atoms with Crippen molar-refractivity contribution in [2.24, 2.45) is 0 Å². The summed E-state index contributed by atoms with van der Waals surface area (Å²) in [7, 11) is 0. The van der Waals surface area contributed by atoms with Crippen molar-refractivity contribution < 1.29 is 0 Å². The van der Waals surface area contributed by atoms with Gasteiger partial charge in [-0.2, -0.15) is 0 Å². The van der Waals surface area contributed by atoms with Gasteiger partial charge in [-0.15, -0.1) is 0 Å². The van der Waals surface area contributed by atoms with Crippen molar-refractivity contribution in [3.63, 3.8) is 0 Å². The van der Waals surface area contributed by atoms with Gasteiger partial charge in [0.2, 0.25) is 0 Å². The molecule has 0 aliphatic heterocycles. The Morgan fingerprint density at radius 3 is 3.07 bits per heavy atom. The van der Waals surface area contributed by atoms with Crippen LogP contribution >= 0.6 is 0 Å². The van der Waals surface area contributed by atoms with E-state index in [1.807, 2.05) is 12.1 Å². The van der Waals surface area contributed by atoms with Crippen LogP contribution in [0.15, 0.2) is 29.3 Å². The predicted octanol–water partition coefficient (Wildman–Crippen LogP) is 1.88. The average molecular weight is 188 g/mol. The first-order valence-electron chi connectivity index (χ1n) is 4.78. The SMILES string of the molecule is CCCc1cccc2c(=O)[nH]cnc12. The van der Waals surface area contributed by atoms with Crippen LogP contribution in [0, 0.1) is 0 Å². The van der Waals surface area contributed by atoms with E-state index in [1.165, 1.54) is 6.33 Å². The fourth-order valence-corrected chi connectivity index (χ4v) is 1.63. The van der Waals surface area contributed by atoms with Crippen LogP contribution in [0.2, 0.25) is 0 Å². The lowest BCUT2D eigenvalue weighted by molar-refractivity contribution is 0.925. The molecule has 0 saturated carbocycles. The number of nitrogens with one attached hydrogen (secondary N) is 1. The summed E-state index contributed by atoms with van der Waals surface area (Å²) < 4.78 is 0. The molecule has 0 fully saturated rings. The monoisotopic (exact) mass is 188 g/mol. The lowest BCUT2D eigenvalue weighted by Crippen LogP contribution is -2.07. The zero-order valence-corrected chi connectivity index (χ0v) is 8.08. The third kappa shape index (κ3) is 1.41. The Hall–Kier alpha value is -1.64. The first-order chi connectivity index (χ1) is 6.83. The highest BCUT2D eigenvalue weighted by atomic mass is 16.1. The highest BCUT2D eigenvalue weighted by Gasteiger charge is 2.02. The standard InChI is InChI=1S/C11H12N2O/c1-2-4-8-5-3-6-9-10(8)12-7-13-11(9)14/h3,5-7H,2,4H2,1H3,(H,12,13,14). The lowest BCUT2D eigenvalue weighted by atomic mass is 10.1. The fraction of sp³-hybridized carbons (Fsp3) is 0.273. The molecule has 3 nitrogen and oxygen atoms in total. The molecular formula is C11H12N2O. The molecule has 0 unspecified atom stereocenters. The van der Waals surface area contributed by atoms with E-state index in [0.29, 0.717) is 5.39 Å². The van der Waals surface area contributed by atoms with Gasteiger partial charge in [-0.05, 0) is 18.1 Å². The second-order valence-corrected chi connectivity index (χ2v) is 3.29. The fourth-order valence-electron chi connectivity index (χ4n) is 1.63. The summed E-state index contributed by atoms with van der Waals surface area (Å²) in [5, 5.41) is 0.679. The number of H-pyrrole nitrogens is 1. The molecule has 1 N–H and O–H groups in total. The normalized spacial score (nSPS) is 10.6. The summed E-state index contributed by atoms with van der Waals surface area (Å²) in [5.74, 6) is 0. The number of para-hydroxylation sites is 1. The van der Waals surface area contributed by atoms with Gasteiger partial charge in [0, 0.05) is 0 Å². The van der Waals surface area contributed by atoms with E-state index in [-0.39, 0.29) is 5.56 Å². The molecule has 2 aromatic rings. The number of aromatic amines is 1. The highest BCUT2D eigenvalue weighted by Crippen LogP contribution is 2.13. The molecule has 1 aromatic carbocycles. The minimum atomic E-state index is -0.0621. The number of fused-ring (bicyclic) bond motifs is 1. The van der Waals surface area contributed by atoms with Crippen LogP contribution in [0.4, 0.5) is 0 Å². The molecule has 72 valence electrons. The maximum absolute atomic E-state index is 11.4. The van der Waals surface area contributed by atoms with Crippen molar-refractivity contribution in [3.05, 3.63) is 40.4 Å². The van der Waals surface area contributed by atoms with E-state index < -0.39 is 0 Å². The van der Waals surface area contributed by atoms with Crippen LogP contribution in [0.25, 0.3) is 10.9 Å². The van der Waals surface area contributed by atoms with E-state index >= 15 is 0 Å². The molecule has 2 rings (SSSR count). The molecule has 14 heavy (non-hydrogen) atoms. The van der Waals surface area contributed by atoms with Gasteiger partial charge < -0.3 is 4.98 Å². The number of hydrogen-bond acceptors (Lipinski definition) is 2. The summed E-state index contributed by atoms with van der Waals surface area (Å²) in [6.45, 7) is 2.12. The molecule has 3 heteroatoms. The van der Waals surface area contributed by atoms with Gasteiger partial charge in [0.15, 0.2) is 0 Å². The van der Waals surface area contributed by atoms with E-state index in [0.717, 1.165) is 23.9 Å². The smallest absolute Gasteiger partial charge is 0.258 e. The van der Waals surface area contributed by atoms with Crippen LogP contribution in [0.3, 0.4) is 0 Å². The van der Waals surface area contributed by atoms with E-state index in [4.69, 9.17) is 0 Å². The maximum Gasteiger partial charge on any atom is 0.258 e.